The number of halogens is 2. The van der Waals surface area contributed by atoms with Crippen LogP contribution in [0, 0.1) is 17.1 Å². The summed E-state index contributed by atoms with van der Waals surface area (Å²) in [5.41, 5.74) is 3.45. The standard InChI is InChI=1S/C25H18ClFN4O2/c1-15(32)30-19-5-7-23-21(10-19)25(17(12-28)13-29-23)31-20-6-8-24(22(26)11-20)33-14-16-3-2-4-18(27)9-16/h2-11,13H,14H2,1H3,(H,29,31)(H,30,32). The molecule has 0 saturated heterocycles. The minimum absolute atomic E-state index is 0.170. The third-order valence-corrected chi connectivity index (χ3v) is 5.09. The van der Waals surface area contributed by atoms with E-state index in [4.69, 9.17) is 16.3 Å². The van der Waals surface area contributed by atoms with Gasteiger partial charge in [0.2, 0.25) is 5.91 Å². The van der Waals surface area contributed by atoms with Gasteiger partial charge < -0.3 is 15.4 Å². The van der Waals surface area contributed by atoms with Gasteiger partial charge in [-0.2, -0.15) is 5.26 Å². The van der Waals surface area contributed by atoms with Crippen LogP contribution in [-0.2, 0) is 11.4 Å². The van der Waals surface area contributed by atoms with Gasteiger partial charge in [-0.25, -0.2) is 4.39 Å². The summed E-state index contributed by atoms with van der Waals surface area (Å²) in [7, 11) is 0. The number of hydrogen-bond acceptors (Lipinski definition) is 5. The Labute approximate surface area is 194 Å². The maximum atomic E-state index is 13.4. The molecule has 1 aromatic heterocycles. The number of aromatic nitrogens is 1. The van der Waals surface area contributed by atoms with Crippen molar-refractivity contribution in [2.45, 2.75) is 13.5 Å². The first-order valence-electron chi connectivity index (χ1n) is 9.97. The number of nitrogens with zero attached hydrogens (tertiary/aromatic N) is 2. The van der Waals surface area contributed by atoms with Gasteiger partial charge in [0, 0.05) is 29.9 Å². The summed E-state index contributed by atoms with van der Waals surface area (Å²) in [6, 6.07) is 18.7. The van der Waals surface area contributed by atoms with E-state index in [0.717, 1.165) is 0 Å². The van der Waals surface area contributed by atoms with Gasteiger partial charge in [-0.05, 0) is 54.1 Å². The van der Waals surface area contributed by atoms with Crippen molar-refractivity contribution in [2.75, 3.05) is 10.6 Å². The highest BCUT2D eigenvalue weighted by Gasteiger charge is 2.12. The highest BCUT2D eigenvalue weighted by Crippen LogP contribution is 2.34. The van der Waals surface area contributed by atoms with Crippen molar-refractivity contribution >= 4 is 45.5 Å². The van der Waals surface area contributed by atoms with Gasteiger partial charge in [-0.3, -0.25) is 9.78 Å². The van der Waals surface area contributed by atoms with E-state index in [9.17, 15) is 14.4 Å². The molecular formula is C25H18ClFN4O2. The molecule has 0 aliphatic rings. The van der Waals surface area contributed by atoms with Gasteiger partial charge in [0.1, 0.15) is 24.2 Å². The summed E-state index contributed by atoms with van der Waals surface area (Å²) in [5.74, 6) is -0.0883. The number of amides is 1. The minimum atomic E-state index is -0.332. The second-order valence-corrected chi connectivity index (χ2v) is 7.67. The average Bonchev–Trinajstić information content (AvgIpc) is 2.78. The summed E-state index contributed by atoms with van der Waals surface area (Å²) in [6.45, 7) is 1.59. The van der Waals surface area contributed by atoms with Crippen LogP contribution in [0.25, 0.3) is 10.9 Å². The Kier molecular flexibility index (Phi) is 6.38. The Morgan fingerprint density at radius 1 is 1.15 bits per heavy atom. The van der Waals surface area contributed by atoms with Gasteiger partial charge in [-0.15, -0.1) is 0 Å². The van der Waals surface area contributed by atoms with E-state index in [1.54, 1.807) is 48.5 Å². The van der Waals surface area contributed by atoms with Crippen LogP contribution in [0.15, 0.2) is 66.9 Å². The number of ether oxygens (including phenoxy) is 1. The molecule has 0 saturated carbocycles. The fraction of sp³-hybridized carbons (Fsp3) is 0.0800. The summed E-state index contributed by atoms with van der Waals surface area (Å²) in [4.78, 5) is 15.8. The molecule has 1 amide bonds. The summed E-state index contributed by atoms with van der Waals surface area (Å²) in [6.07, 6.45) is 1.49. The number of nitrogens with one attached hydrogen (secondary N) is 2. The average molecular weight is 461 g/mol. The molecule has 8 heteroatoms. The number of rotatable bonds is 6. The van der Waals surface area contributed by atoms with Crippen LogP contribution >= 0.6 is 11.6 Å². The number of hydrogen-bond donors (Lipinski definition) is 2. The monoisotopic (exact) mass is 460 g/mol. The lowest BCUT2D eigenvalue weighted by Gasteiger charge is -2.14. The zero-order valence-corrected chi connectivity index (χ0v) is 18.3. The number of anilines is 3. The number of carbonyl (C=O) groups excluding carboxylic acids is 1. The van der Waals surface area contributed by atoms with E-state index < -0.39 is 0 Å². The normalized spacial score (nSPS) is 10.5. The minimum Gasteiger partial charge on any atom is -0.487 e. The Balaban J connectivity index is 1.61. The predicted molar refractivity (Wildman–Crippen MR) is 126 cm³/mol. The quantitative estimate of drug-likeness (QED) is 0.358. The van der Waals surface area contributed by atoms with Crippen molar-refractivity contribution in [1.29, 1.82) is 5.26 Å². The van der Waals surface area contributed by atoms with Gasteiger partial charge in [-0.1, -0.05) is 23.7 Å². The molecule has 3 aromatic carbocycles. The molecule has 0 bridgehead atoms. The van der Waals surface area contributed by atoms with Crippen LogP contribution in [-0.4, -0.2) is 10.9 Å². The molecule has 0 aliphatic carbocycles. The molecule has 0 unspecified atom stereocenters. The van der Waals surface area contributed by atoms with E-state index in [1.165, 1.54) is 25.3 Å². The molecule has 33 heavy (non-hydrogen) atoms. The third-order valence-electron chi connectivity index (χ3n) is 4.79. The number of carbonyl (C=O) groups is 1. The van der Waals surface area contributed by atoms with Crippen molar-refractivity contribution in [2.24, 2.45) is 0 Å². The Hall–Kier alpha value is -4.15. The highest BCUT2D eigenvalue weighted by molar-refractivity contribution is 6.32. The van der Waals surface area contributed by atoms with Gasteiger partial charge >= 0.3 is 0 Å². The number of fused-ring (bicyclic) bond motifs is 1. The largest absolute Gasteiger partial charge is 0.487 e. The SMILES string of the molecule is CC(=O)Nc1ccc2ncc(C#N)c(Nc3ccc(OCc4cccc(F)c4)c(Cl)c3)c2c1. The van der Waals surface area contributed by atoms with Crippen LogP contribution in [0.5, 0.6) is 5.75 Å². The summed E-state index contributed by atoms with van der Waals surface area (Å²) in [5, 5.41) is 16.6. The first kappa shape index (κ1) is 22.1. The van der Waals surface area contributed by atoms with Crippen molar-refractivity contribution < 1.29 is 13.9 Å². The maximum Gasteiger partial charge on any atom is 0.221 e. The zero-order valence-electron chi connectivity index (χ0n) is 17.5. The first-order chi connectivity index (χ1) is 15.9. The fourth-order valence-electron chi connectivity index (χ4n) is 3.32. The van der Waals surface area contributed by atoms with Crippen molar-refractivity contribution in [3.63, 3.8) is 0 Å². The van der Waals surface area contributed by atoms with Crippen LogP contribution in [0.2, 0.25) is 5.02 Å². The van der Waals surface area contributed by atoms with E-state index in [2.05, 4.69) is 21.7 Å². The Morgan fingerprint density at radius 2 is 1.97 bits per heavy atom. The lowest BCUT2D eigenvalue weighted by atomic mass is 10.1. The number of nitriles is 1. The van der Waals surface area contributed by atoms with Gasteiger partial charge in [0.15, 0.2) is 0 Å². The number of benzene rings is 3. The molecule has 0 atom stereocenters. The van der Waals surface area contributed by atoms with E-state index in [-0.39, 0.29) is 18.3 Å². The third kappa shape index (κ3) is 5.20. The first-order valence-corrected chi connectivity index (χ1v) is 10.3. The van der Waals surface area contributed by atoms with E-state index in [1.807, 2.05) is 0 Å². The molecule has 0 fully saturated rings. The maximum absolute atomic E-state index is 13.4. The molecule has 6 nitrogen and oxygen atoms in total. The molecule has 4 aromatic rings. The highest BCUT2D eigenvalue weighted by atomic mass is 35.5. The molecule has 164 valence electrons. The second-order valence-electron chi connectivity index (χ2n) is 7.26. The van der Waals surface area contributed by atoms with Crippen molar-refractivity contribution in [1.82, 2.24) is 4.98 Å². The van der Waals surface area contributed by atoms with E-state index in [0.29, 0.717) is 49.9 Å². The van der Waals surface area contributed by atoms with Gasteiger partial charge in [0.05, 0.1) is 21.8 Å². The van der Waals surface area contributed by atoms with E-state index >= 15 is 0 Å². The second kappa shape index (κ2) is 9.55. The molecule has 0 aliphatic heterocycles. The van der Waals surface area contributed by atoms with Crippen LogP contribution in [0.4, 0.5) is 21.5 Å². The van der Waals surface area contributed by atoms with Gasteiger partial charge in [0.25, 0.3) is 0 Å². The molecule has 0 radical (unpaired) electrons. The summed E-state index contributed by atoms with van der Waals surface area (Å²) < 4.78 is 19.1. The summed E-state index contributed by atoms with van der Waals surface area (Å²) >= 11 is 6.40. The van der Waals surface area contributed by atoms with Crippen LogP contribution < -0.4 is 15.4 Å². The van der Waals surface area contributed by atoms with Crippen molar-refractivity contribution in [3.05, 3.63) is 88.8 Å². The Bertz CT molecular complexity index is 1400. The number of pyridine rings is 1. The lowest BCUT2D eigenvalue weighted by Crippen LogP contribution is -2.06. The molecule has 0 spiro atoms. The molecule has 1 heterocycles. The smallest absolute Gasteiger partial charge is 0.221 e. The fourth-order valence-corrected chi connectivity index (χ4v) is 3.56. The molecule has 4 rings (SSSR count). The molecule has 2 N–H and O–H groups in total. The Morgan fingerprint density at radius 3 is 2.70 bits per heavy atom. The lowest BCUT2D eigenvalue weighted by molar-refractivity contribution is -0.114. The predicted octanol–water partition coefficient (Wildman–Crippen LogP) is 6.18. The topological polar surface area (TPSA) is 87.0 Å². The molecular weight excluding hydrogens is 443 g/mol. The van der Waals surface area contributed by atoms with Crippen LogP contribution in [0.1, 0.15) is 18.1 Å². The van der Waals surface area contributed by atoms with Crippen LogP contribution in [0.3, 0.4) is 0 Å². The zero-order chi connectivity index (χ0) is 23.4. The van der Waals surface area contributed by atoms with Crippen molar-refractivity contribution in [3.8, 4) is 11.8 Å².